The molecule has 10 heavy (non-hydrogen) atoms. The van der Waals surface area contributed by atoms with Crippen molar-refractivity contribution in [2.45, 2.75) is 38.8 Å². The average molecular weight is 143 g/mol. The Morgan fingerprint density at radius 1 is 1.60 bits per heavy atom. The van der Waals surface area contributed by atoms with Crippen molar-refractivity contribution in [3.05, 3.63) is 0 Å². The number of aliphatic hydroxyl groups excluding tert-OH is 1. The predicted octanol–water partition coefficient (Wildman–Crippen LogP) is 0.741. The average Bonchev–Trinajstić information content (AvgIpc) is 1.86. The standard InChI is InChI=1S/C8H17NO/c1-5(2)3-6-4-7(9)8(6)10/h5-8,10H,3-4,9H2,1-2H3/t6-,7?,8?/m1/s1. The first-order valence-electron chi connectivity index (χ1n) is 4.05. The fourth-order valence-electron chi connectivity index (χ4n) is 1.62. The van der Waals surface area contributed by atoms with Crippen LogP contribution in [0, 0.1) is 11.8 Å². The summed E-state index contributed by atoms with van der Waals surface area (Å²) in [7, 11) is 0. The summed E-state index contributed by atoms with van der Waals surface area (Å²) in [4.78, 5) is 0. The van der Waals surface area contributed by atoms with Gasteiger partial charge in [0.2, 0.25) is 0 Å². The van der Waals surface area contributed by atoms with Crippen molar-refractivity contribution in [1.29, 1.82) is 0 Å². The summed E-state index contributed by atoms with van der Waals surface area (Å²) in [5.41, 5.74) is 5.54. The zero-order chi connectivity index (χ0) is 7.72. The summed E-state index contributed by atoms with van der Waals surface area (Å²) in [6.45, 7) is 4.35. The fraction of sp³-hybridized carbons (Fsp3) is 1.00. The van der Waals surface area contributed by atoms with Gasteiger partial charge in [-0.3, -0.25) is 0 Å². The monoisotopic (exact) mass is 143 g/mol. The molecule has 3 atom stereocenters. The van der Waals surface area contributed by atoms with Crippen LogP contribution in [-0.4, -0.2) is 17.3 Å². The molecule has 2 heteroatoms. The first-order valence-corrected chi connectivity index (χ1v) is 4.05. The maximum Gasteiger partial charge on any atom is 0.0719 e. The molecule has 2 unspecified atom stereocenters. The summed E-state index contributed by atoms with van der Waals surface area (Å²) in [6.07, 6.45) is 1.91. The second-order valence-electron chi connectivity index (χ2n) is 3.78. The highest BCUT2D eigenvalue weighted by Gasteiger charge is 2.36. The van der Waals surface area contributed by atoms with Crippen LogP contribution in [0.3, 0.4) is 0 Å². The van der Waals surface area contributed by atoms with Crippen molar-refractivity contribution in [3.8, 4) is 0 Å². The van der Waals surface area contributed by atoms with E-state index in [9.17, 15) is 5.11 Å². The summed E-state index contributed by atoms with van der Waals surface area (Å²) < 4.78 is 0. The van der Waals surface area contributed by atoms with Crippen molar-refractivity contribution >= 4 is 0 Å². The summed E-state index contributed by atoms with van der Waals surface area (Å²) in [5, 5.41) is 9.30. The van der Waals surface area contributed by atoms with Crippen LogP contribution in [0.2, 0.25) is 0 Å². The van der Waals surface area contributed by atoms with Crippen molar-refractivity contribution in [2.24, 2.45) is 17.6 Å². The van der Waals surface area contributed by atoms with Gasteiger partial charge < -0.3 is 10.8 Å². The number of aliphatic hydroxyl groups is 1. The van der Waals surface area contributed by atoms with Crippen LogP contribution in [0.5, 0.6) is 0 Å². The molecule has 1 saturated carbocycles. The lowest BCUT2D eigenvalue weighted by atomic mass is 9.73. The Balaban J connectivity index is 2.20. The van der Waals surface area contributed by atoms with Gasteiger partial charge in [0.25, 0.3) is 0 Å². The van der Waals surface area contributed by atoms with E-state index in [-0.39, 0.29) is 12.1 Å². The molecule has 0 radical (unpaired) electrons. The highest BCUT2D eigenvalue weighted by molar-refractivity contribution is 4.92. The van der Waals surface area contributed by atoms with Gasteiger partial charge in [-0.1, -0.05) is 13.8 Å². The minimum Gasteiger partial charge on any atom is -0.391 e. The zero-order valence-electron chi connectivity index (χ0n) is 6.75. The molecule has 2 nitrogen and oxygen atoms in total. The molecule has 0 amide bonds. The van der Waals surface area contributed by atoms with E-state index in [0.717, 1.165) is 12.8 Å². The van der Waals surface area contributed by atoms with Gasteiger partial charge >= 0.3 is 0 Å². The van der Waals surface area contributed by atoms with Gasteiger partial charge in [0, 0.05) is 6.04 Å². The molecule has 60 valence electrons. The van der Waals surface area contributed by atoms with E-state index in [1.54, 1.807) is 0 Å². The lowest BCUT2D eigenvalue weighted by Crippen LogP contribution is -2.52. The Morgan fingerprint density at radius 2 is 2.20 bits per heavy atom. The largest absolute Gasteiger partial charge is 0.391 e. The van der Waals surface area contributed by atoms with Gasteiger partial charge in [-0.15, -0.1) is 0 Å². The normalized spacial score (nSPS) is 39.9. The Labute approximate surface area is 62.4 Å². The van der Waals surface area contributed by atoms with Crippen molar-refractivity contribution < 1.29 is 5.11 Å². The maximum atomic E-state index is 9.30. The van der Waals surface area contributed by atoms with Gasteiger partial charge in [-0.25, -0.2) is 0 Å². The smallest absolute Gasteiger partial charge is 0.0719 e. The Morgan fingerprint density at radius 3 is 2.50 bits per heavy atom. The third-order valence-corrected chi connectivity index (χ3v) is 2.27. The molecule has 0 saturated heterocycles. The second kappa shape index (κ2) is 2.89. The van der Waals surface area contributed by atoms with E-state index in [4.69, 9.17) is 5.73 Å². The number of rotatable bonds is 2. The second-order valence-corrected chi connectivity index (χ2v) is 3.78. The highest BCUT2D eigenvalue weighted by atomic mass is 16.3. The third kappa shape index (κ3) is 1.50. The maximum absolute atomic E-state index is 9.30. The topological polar surface area (TPSA) is 46.2 Å². The fourth-order valence-corrected chi connectivity index (χ4v) is 1.62. The first kappa shape index (κ1) is 8.02. The van der Waals surface area contributed by atoms with Crippen LogP contribution in [0.4, 0.5) is 0 Å². The van der Waals surface area contributed by atoms with Crippen LogP contribution in [0.15, 0.2) is 0 Å². The minimum atomic E-state index is -0.220. The van der Waals surface area contributed by atoms with Crippen LogP contribution >= 0.6 is 0 Å². The van der Waals surface area contributed by atoms with Crippen molar-refractivity contribution in [1.82, 2.24) is 0 Å². The van der Waals surface area contributed by atoms with Gasteiger partial charge in [0.15, 0.2) is 0 Å². The van der Waals surface area contributed by atoms with Crippen LogP contribution in [0.25, 0.3) is 0 Å². The minimum absolute atomic E-state index is 0.0590. The Hall–Kier alpha value is -0.0800. The SMILES string of the molecule is CC(C)C[C@@H]1CC(N)C1O. The van der Waals surface area contributed by atoms with Gasteiger partial charge in [-0.2, -0.15) is 0 Å². The molecule has 1 rings (SSSR count). The molecule has 0 aliphatic heterocycles. The molecular formula is C8H17NO. The van der Waals surface area contributed by atoms with E-state index in [1.165, 1.54) is 0 Å². The molecule has 0 aromatic heterocycles. The van der Waals surface area contributed by atoms with Crippen LogP contribution in [-0.2, 0) is 0 Å². The van der Waals surface area contributed by atoms with Gasteiger partial charge in [0.05, 0.1) is 6.10 Å². The third-order valence-electron chi connectivity index (χ3n) is 2.27. The van der Waals surface area contributed by atoms with E-state index < -0.39 is 0 Å². The van der Waals surface area contributed by atoms with E-state index in [1.807, 2.05) is 0 Å². The molecule has 3 N–H and O–H groups in total. The van der Waals surface area contributed by atoms with Crippen LogP contribution < -0.4 is 5.73 Å². The lowest BCUT2D eigenvalue weighted by Gasteiger charge is -2.39. The summed E-state index contributed by atoms with van der Waals surface area (Å²) >= 11 is 0. The molecule has 0 aromatic rings. The van der Waals surface area contributed by atoms with Crippen molar-refractivity contribution in [2.75, 3.05) is 0 Å². The Kier molecular flexibility index (Phi) is 2.32. The number of hydrogen-bond donors (Lipinski definition) is 2. The highest BCUT2D eigenvalue weighted by Crippen LogP contribution is 2.31. The van der Waals surface area contributed by atoms with Gasteiger partial charge in [-0.05, 0) is 24.7 Å². The summed E-state index contributed by atoms with van der Waals surface area (Å²) in [6, 6.07) is 0.0590. The quantitative estimate of drug-likeness (QED) is 0.599. The Bertz CT molecular complexity index is 114. The number of nitrogens with two attached hydrogens (primary N) is 1. The molecular weight excluding hydrogens is 126 g/mol. The molecule has 1 fully saturated rings. The molecule has 1 aliphatic carbocycles. The van der Waals surface area contributed by atoms with E-state index >= 15 is 0 Å². The van der Waals surface area contributed by atoms with E-state index in [2.05, 4.69) is 13.8 Å². The molecule has 0 bridgehead atoms. The molecule has 0 spiro atoms. The predicted molar refractivity (Wildman–Crippen MR) is 41.5 cm³/mol. The molecule has 0 aromatic carbocycles. The lowest BCUT2D eigenvalue weighted by molar-refractivity contribution is -0.00918. The molecule has 0 heterocycles. The van der Waals surface area contributed by atoms with Crippen molar-refractivity contribution in [3.63, 3.8) is 0 Å². The summed E-state index contributed by atoms with van der Waals surface area (Å²) in [5.74, 6) is 1.17. The number of hydrogen-bond acceptors (Lipinski definition) is 2. The van der Waals surface area contributed by atoms with Gasteiger partial charge in [0.1, 0.15) is 0 Å². The van der Waals surface area contributed by atoms with E-state index in [0.29, 0.717) is 11.8 Å². The van der Waals surface area contributed by atoms with Crippen LogP contribution in [0.1, 0.15) is 26.7 Å². The molecule has 1 aliphatic rings. The first-order chi connectivity index (χ1) is 4.61. The zero-order valence-corrected chi connectivity index (χ0v) is 6.75.